The van der Waals surface area contributed by atoms with Crippen molar-refractivity contribution in [1.29, 1.82) is 0 Å². The van der Waals surface area contributed by atoms with Crippen molar-refractivity contribution in [3.8, 4) is 0 Å². The third kappa shape index (κ3) is 4.09. The first-order valence-corrected chi connectivity index (χ1v) is 8.26. The van der Waals surface area contributed by atoms with E-state index in [2.05, 4.69) is 36.1 Å². The molecule has 0 aliphatic rings. The molecule has 2 rings (SSSR count). The van der Waals surface area contributed by atoms with Crippen LogP contribution in [0.2, 0.25) is 0 Å². The second-order valence-corrected chi connectivity index (χ2v) is 6.52. The molecule has 4 nitrogen and oxygen atoms in total. The number of hydrogen-bond donors (Lipinski definition) is 2. The standard InChI is InChI=1S/C18H27N3O/c1-5-8-13(4)18(22)21-16(11-12(2)3)17-19-14-9-6-7-10-15(14)20-17/h6-7,9-10,12-13,16H,5,8,11H2,1-4H3,(H,19,20)(H,21,22). The summed E-state index contributed by atoms with van der Waals surface area (Å²) in [4.78, 5) is 20.4. The van der Waals surface area contributed by atoms with Crippen molar-refractivity contribution in [2.45, 2.75) is 53.0 Å². The molecule has 0 aliphatic heterocycles. The largest absolute Gasteiger partial charge is 0.346 e. The number of H-pyrrole nitrogens is 1. The molecular formula is C18H27N3O. The summed E-state index contributed by atoms with van der Waals surface area (Å²) >= 11 is 0. The Hall–Kier alpha value is -1.84. The van der Waals surface area contributed by atoms with Crippen molar-refractivity contribution in [3.63, 3.8) is 0 Å². The molecule has 2 unspecified atom stereocenters. The van der Waals surface area contributed by atoms with Gasteiger partial charge >= 0.3 is 0 Å². The highest BCUT2D eigenvalue weighted by Crippen LogP contribution is 2.22. The molecule has 0 saturated heterocycles. The van der Waals surface area contributed by atoms with Gasteiger partial charge in [-0.3, -0.25) is 4.79 Å². The Morgan fingerprint density at radius 2 is 2.00 bits per heavy atom. The summed E-state index contributed by atoms with van der Waals surface area (Å²) in [6, 6.07) is 7.91. The highest BCUT2D eigenvalue weighted by molar-refractivity contribution is 5.79. The van der Waals surface area contributed by atoms with E-state index in [0.29, 0.717) is 5.92 Å². The minimum Gasteiger partial charge on any atom is -0.346 e. The lowest BCUT2D eigenvalue weighted by atomic mass is 10.0. The Morgan fingerprint density at radius 3 is 2.64 bits per heavy atom. The number of amides is 1. The average Bonchev–Trinajstić information content (AvgIpc) is 2.90. The smallest absolute Gasteiger partial charge is 0.223 e. The van der Waals surface area contributed by atoms with Crippen LogP contribution in [0.25, 0.3) is 11.0 Å². The number of imidazole rings is 1. The highest BCUT2D eigenvalue weighted by atomic mass is 16.1. The van der Waals surface area contributed by atoms with E-state index in [1.165, 1.54) is 0 Å². The summed E-state index contributed by atoms with van der Waals surface area (Å²) in [6.07, 6.45) is 2.82. The van der Waals surface area contributed by atoms with Crippen molar-refractivity contribution >= 4 is 16.9 Å². The lowest BCUT2D eigenvalue weighted by molar-refractivity contribution is -0.125. The topological polar surface area (TPSA) is 57.8 Å². The molecule has 2 aromatic rings. The highest BCUT2D eigenvalue weighted by Gasteiger charge is 2.22. The fourth-order valence-corrected chi connectivity index (χ4v) is 2.73. The van der Waals surface area contributed by atoms with Gasteiger partial charge in [0.2, 0.25) is 5.91 Å². The zero-order valence-corrected chi connectivity index (χ0v) is 14.0. The van der Waals surface area contributed by atoms with Gasteiger partial charge in [-0.15, -0.1) is 0 Å². The molecule has 0 spiro atoms. The van der Waals surface area contributed by atoms with Crippen LogP contribution in [0.4, 0.5) is 0 Å². The number of para-hydroxylation sites is 2. The van der Waals surface area contributed by atoms with Crippen LogP contribution < -0.4 is 5.32 Å². The van der Waals surface area contributed by atoms with Gasteiger partial charge in [0.25, 0.3) is 0 Å². The summed E-state index contributed by atoms with van der Waals surface area (Å²) in [5.74, 6) is 1.50. The minimum atomic E-state index is -0.0563. The van der Waals surface area contributed by atoms with Gasteiger partial charge in [-0.1, -0.05) is 46.2 Å². The molecule has 1 amide bonds. The van der Waals surface area contributed by atoms with E-state index >= 15 is 0 Å². The van der Waals surface area contributed by atoms with E-state index in [1.54, 1.807) is 0 Å². The number of hydrogen-bond acceptors (Lipinski definition) is 2. The minimum absolute atomic E-state index is 0.0454. The van der Waals surface area contributed by atoms with Crippen LogP contribution in [-0.2, 0) is 4.79 Å². The maximum absolute atomic E-state index is 12.4. The fraction of sp³-hybridized carbons (Fsp3) is 0.556. The predicted molar refractivity (Wildman–Crippen MR) is 90.5 cm³/mol. The van der Waals surface area contributed by atoms with Gasteiger partial charge in [-0.25, -0.2) is 4.98 Å². The van der Waals surface area contributed by atoms with Crippen LogP contribution in [0.5, 0.6) is 0 Å². The lowest BCUT2D eigenvalue weighted by Gasteiger charge is -2.21. The fourth-order valence-electron chi connectivity index (χ4n) is 2.73. The van der Waals surface area contributed by atoms with Crippen LogP contribution in [0.3, 0.4) is 0 Å². The number of carbonyl (C=O) groups is 1. The Bertz CT molecular complexity index is 585. The Morgan fingerprint density at radius 1 is 1.27 bits per heavy atom. The van der Waals surface area contributed by atoms with Crippen molar-refractivity contribution in [2.75, 3.05) is 0 Å². The van der Waals surface area contributed by atoms with E-state index in [1.807, 2.05) is 31.2 Å². The van der Waals surface area contributed by atoms with E-state index in [0.717, 1.165) is 36.1 Å². The third-order valence-corrected chi connectivity index (χ3v) is 3.93. The molecule has 0 radical (unpaired) electrons. The van der Waals surface area contributed by atoms with E-state index in [9.17, 15) is 4.79 Å². The van der Waals surface area contributed by atoms with E-state index in [-0.39, 0.29) is 17.9 Å². The summed E-state index contributed by atoms with van der Waals surface area (Å²) < 4.78 is 0. The molecular weight excluding hydrogens is 274 g/mol. The molecule has 0 bridgehead atoms. The van der Waals surface area contributed by atoms with Crippen LogP contribution in [0.1, 0.15) is 58.8 Å². The molecule has 22 heavy (non-hydrogen) atoms. The van der Waals surface area contributed by atoms with Crippen molar-refractivity contribution < 1.29 is 4.79 Å². The van der Waals surface area contributed by atoms with Crippen molar-refractivity contribution in [3.05, 3.63) is 30.1 Å². The van der Waals surface area contributed by atoms with Gasteiger partial charge in [-0.2, -0.15) is 0 Å². The molecule has 0 saturated carbocycles. The normalized spacial score (nSPS) is 14.2. The molecule has 2 atom stereocenters. The van der Waals surface area contributed by atoms with Gasteiger partial charge in [0.1, 0.15) is 5.82 Å². The molecule has 0 aliphatic carbocycles. The van der Waals surface area contributed by atoms with Crippen molar-refractivity contribution in [2.24, 2.45) is 11.8 Å². The van der Waals surface area contributed by atoms with Crippen LogP contribution >= 0.6 is 0 Å². The summed E-state index contributed by atoms with van der Waals surface area (Å²) in [6.45, 7) is 8.42. The van der Waals surface area contributed by atoms with Gasteiger partial charge in [0.15, 0.2) is 0 Å². The number of fused-ring (bicyclic) bond motifs is 1. The molecule has 1 aromatic heterocycles. The second kappa shape index (κ2) is 7.43. The van der Waals surface area contributed by atoms with Crippen LogP contribution in [-0.4, -0.2) is 15.9 Å². The summed E-state index contributed by atoms with van der Waals surface area (Å²) in [7, 11) is 0. The second-order valence-electron chi connectivity index (χ2n) is 6.52. The number of rotatable bonds is 7. The number of nitrogens with zero attached hydrogens (tertiary/aromatic N) is 1. The molecule has 2 N–H and O–H groups in total. The third-order valence-electron chi connectivity index (χ3n) is 3.93. The zero-order valence-electron chi connectivity index (χ0n) is 14.0. The van der Waals surface area contributed by atoms with Crippen LogP contribution in [0, 0.1) is 11.8 Å². The molecule has 4 heteroatoms. The number of aromatic amines is 1. The molecule has 0 fully saturated rings. The first kappa shape index (κ1) is 16.5. The Labute approximate surface area is 132 Å². The van der Waals surface area contributed by atoms with Gasteiger partial charge in [-0.05, 0) is 30.9 Å². The van der Waals surface area contributed by atoms with Gasteiger partial charge < -0.3 is 10.3 Å². The average molecular weight is 301 g/mol. The number of aromatic nitrogens is 2. The quantitative estimate of drug-likeness (QED) is 0.805. The van der Waals surface area contributed by atoms with Crippen molar-refractivity contribution in [1.82, 2.24) is 15.3 Å². The van der Waals surface area contributed by atoms with E-state index in [4.69, 9.17) is 0 Å². The molecule has 120 valence electrons. The first-order valence-electron chi connectivity index (χ1n) is 8.26. The first-order chi connectivity index (χ1) is 10.5. The summed E-state index contributed by atoms with van der Waals surface area (Å²) in [5, 5.41) is 3.18. The van der Waals surface area contributed by atoms with Crippen LogP contribution in [0.15, 0.2) is 24.3 Å². The summed E-state index contributed by atoms with van der Waals surface area (Å²) in [5.41, 5.74) is 1.96. The monoisotopic (exact) mass is 301 g/mol. The Balaban J connectivity index is 2.20. The maximum Gasteiger partial charge on any atom is 0.223 e. The Kier molecular flexibility index (Phi) is 5.58. The van der Waals surface area contributed by atoms with E-state index < -0.39 is 0 Å². The number of carbonyl (C=O) groups excluding carboxylic acids is 1. The maximum atomic E-state index is 12.4. The predicted octanol–water partition coefficient (Wildman–Crippen LogP) is 4.20. The molecule has 1 heterocycles. The zero-order chi connectivity index (χ0) is 16.1. The number of nitrogens with one attached hydrogen (secondary N) is 2. The number of benzene rings is 1. The SMILES string of the molecule is CCCC(C)C(=O)NC(CC(C)C)c1nc2ccccc2[nH]1. The van der Waals surface area contributed by atoms with Gasteiger partial charge in [0, 0.05) is 5.92 Å². The van der Waals surface area contributed by atoms with Gasteiger partial charge in [0.05, 0.1) is 17.1 Å². The lowest BCUT2D eigenvalue weighted by Crippen LogP contribution is -2.34. The molecule has 1 aromatic carbocycles.